The lowest BCUT2D eigenvalue weighted by atomic mass is 10.00. The third-order valence-electron chi connectivity index (χ3n) is 4.67. The average molecular weight is 412 g/mol. The van der Waals surface area contributed by atoms with Crippen LogP contribution in [0.2, 0.25) is 0 Å². The van der Waals surface area contributed by atoms with E-state index in [4.69, 9.17) is 4.18 Å². The Morgan fingerprint density at radius 1 is 1.21 bits per heavy atom. The highest BCUT2D eigenvalue weighted by molar-refractivity contribution is 7.87. The molecule has 6 nitrogen and oxygen atoms in total. The van der Waals surface area contributed by atoms with Gasteiger partial charge in [-0.15, -0.1) is 0 Å². The molecule has 0 spiro atoms. The molecule has 0 saturated carbocycles. The van der Waals surface area contributed by atoms with Crippen LogP contribution in [0.1, 0.15) is 17.2 Å². The molecule has 0 bridgehead atoms. The molecule has 1 aliphatic rings. The van der Waals surface area contributed by atoms with E-state index >= 15 is 0 Å². The Hall–Kier alpha value is -2.07. The summed E-state index contributed by atoms with van der Waals surface area (Å²) in [5, 5.41) is 16.5. The standard InChI is InChI=1S/C19H22F2N2O4S/c1-22-16(8-12-6-13(20)9-14(21)7-12)18(24)10-23-17-11-28(25,26)27-19-5-3-2-4-15(17)19/h2-7,9,16-18,22-24H,8,10-11H2,1H3. The van der Waals surface area contributed by atoms with Crippen LogP contribution in [0.4, 0.5) is 8.78 Å². The maximum Gasteiger partial charge on any atom is 0.311 e. The van der Waals surface area contributed by atoms with Gasteiger partial charge < -0.3 is 19.9 Å². The fourth-order valence-electron chi connectivity index (χ4n) is 3.30. The van der Waals surface area contributed by atoms with Crippen LogP contribution < -0.4 is 14.8 Å². The highest BCUT2D eigenvalue weighted by Gasteiger charge is 2.31. The molecule has 0 fully saturated rings. The first-order valence-corrected chi connectivity index (χ1v) is 10.4. The van der Waals surface area contributed by atoms with Gasteiger partial charge in [-0.3, -0.25) is 0 Å². The van der Waals surface area contributed by atoms with Crippen molar-refractivity contribution in [3.05, 3.63) is 65.2 Å². The molecule has 0 saturated heterocycles. The number of hydrogen-bond donors (Lipinski definition) is 3. The first-order valence-electron chi connectivity index (χ1n) is 8.82. The first-order chi connectivity index (χ1) is 13.3. The molecule has 2 aromatic carbocycles. The monoisotopic (exact) mass is 412 g/mol. The Morgan fingerprint density at radius 3 is 2.57 bits per heavy atom. The van der Waals surface area contributed by atoms with Gasteiger partial charge in [0.15, 0.2) is 0 Å². The molecule has 0 amide bonds. The van der Waals surface area contributed by atoms with Crippen LogP contribution in [0.15, 0.2) is 42.5 Å². The minimum atomic E-state index is -3.72. The summed E-state index contributed by atoms with van der Waals surface area (Å²) < 4.78 is 55.7. The molecular weight excluding hydrogens is 390 g/mol. The van der Waals surface area contributed by atoms with Crippen molar-refractivity contribution in [1.82, 2.24) is 10.6 Å². The second-order valence-electron chi connectivity index (χ2n) is 6.75. The van der Waals surface area contributed by atoms with E-state index in [-0.39, 0.29) is 24.5 Å². The average Bonchev–Trinajstić information content (AvgIpc) is 2.62. The van der Waals surface area contributed by atoms with Crippen molar-refractivity contribution < 1.29 is 26.5 Å². The van der Waals surface area contributed by atoms with E-state index < -0.39 is 39.9 Å². The molecule has 3 N–H and O–H groups in total. The van der Waals surface area contributed by atoms with E-state index in [2.05, 4.69) is 10.6 Å². The van der Waals surface area contributed by atoms with Crippen molar-refractivity contribution in [2.75, 3.05) is 19.3 Å². The maximum atomic E-state index is 13.4. The van der Waals surface area contributed by atoms with Gasteiger partial charge in [0.1, 0.15) is 23.1 Å². The Morgan fingerprint density at radius 2 is 1.89 bits per heavy atom. The molecule has 3 rings (SSSR count). The molecule has 1 heterocycles. The van der Waals surface area contributed by atoms with Crippen LogP contribution in [0, 0.1) is 11.6 Å². The van der Waals surface area contributed by atoms with E-state index in [0.717, 1.165) is 6.07 Å². The van der Waals surface area contributed by atoms with Crippen LogP contribution in [0.5, 0.6) is 5.75 Å². The molecule has 3 atom stereocenters. The van der Waals surface area contributed by atoms with Gasteiger partial charge in [0.25, 0.3) is 0 Å². The van der Waals surface area contributed by atoms with Crippen LogP contribution in [0.25, 0.3) is 0 Å². The fourth-order valence-corrected chi connectivity index (χ4v) is 4.50. The number of rotatable bonds is 7. The number of benzene rings is 2. The third kappa shape index (κ3) is 5.05. The van der Waals surface area contributed by atoms with Gasteiger partial charge in [0.05, 0.1) is 12.1 Å². The second kappa shape index (κ2) is 8.52. The van der Waals surface area contributed by atoms with Crippen molar-refractivity contribution in [2.45, 2.75) is 24.6 Å². The Kier molecular flexibility index (Phi) is 6.29. The van der Waals surface area contributed by atoms with Gasteiger partial charge in [-0.2, -0.15) is 8.42 Å². The summed E-state index contributed by atoms with van der Waals surface area (Å²) in [5.41, 5.74) is 1.10. The molecule has 0 radical (unpaired) electrons. The van der Waals surface area contributed by atoms with Crippen LogP contribution in [0.3, 0.4) is 0 Å². The van der Waals surface area contributed by atoms with Crippen molar-refractivity contribution in [3.63, 3.8) is 0 Å². The lowest BCUT2D eigenvalue weighted by molar-refractivity contribution is 0.125. The largest absolute Gasteiger partial charge is 0.390 e. The van der Waals surface area contributed by atoms with Gasteiger partial charge in [-0.25, -0.2) is 8.78 Å². The van der Waals surface area contributed by atoms with Crippen molar-refractivity contribution in [1.29, 1.82) is 0 Å². The summed E-state index contributed by atoms with van der Waals surface area (Å²) in [6, 6.07) is 9.00. The second-order valence-corrected chi connectivity index (χ2v) is 8.37. The van der Waals surface area contributed by atoms with Gasteiger partial charge >= 0.3 is 10.1 Å². The molecule has 28 heavy (non-hydrogen) atoms. The van der Waals surface area contributed by atoms with E-state index in [1.807, 2.05) is 0 Å². The van der Waals surface area contributed by atoms with Gasteiger partial charge in [-0.1, -0.05) is 18.2 Å². The van der Waals surface area contributed by atoms with E-state index in [0.29, 0.717) is 11.1 Å². The highest BCUT2D eigenvalue weighted by atomic mass is 32.2. The number of halogens is 2. The quantitative estimate of drug-likeness (QED) is 0.598. The van der Waals surface area contributed by atoms with Gasteiger partial charge in [0, 0.05) is 24.2 Å². The lowest BCUT2D eigenvalue weighted by Gasteiger charge is -2.29. The third-order valence-corrected chi connectivity index (χ3v) is 5.84. The normalized spacial score (nSPS) is 20.1. The molecule has 1 aliphatic heterocycles. The van der Waals surface area contributed by atoms with Gasteiger partial charge in [0.2, 0.25) is 0 Å². The number of fused-ring (bicyclic) bond motifs is 1. The fraction of sp³-hybridized carbons (Fsp3) is 0.368. The predicted octanol–water partition coefficient (Wildman–Crippen LogP) is 1.51. The highest BCUT2D eigenvalue weighted by Crippen LogP contribution is 2.32. The summed E-state index contributed by atoms with van der Waals surface area (Å²) in [4.78, 5) is 0. The molecular formula is C19H22F2N2O4S. The number of hydrogen-bond acceptors (Lipinski definition) is 6. The Labute approximate surface area is 162 Å². The van der Waals surface area contributed by atoms with E-state index in [1.54, 1.807) is 31.3 Å². The minimum Gasteiger partial charge on any atom is -0.390 e. The van der Waals surface area contributed by atoms with Gasteiger partial charge in [-0.05, 0) is 37.2 Å². The number of aliphatic hydroxyl groups excluding tert-OH is 1. The van der Waals surface area contributed by atoms with Crippen molar-refractivity contribution >= 4 is 10.1 Å². The number of likely N-dealkylation sites (N-methyl/N-ethyl adjacent to an activating group) is 1. The van der Waals surface area contributed by atoms with Crippen LogP contribution >= 0.6 is 0 Å². The van der Waals surface area contributed by atoms with Crippen LogP contribution in [-0.4, -0.2) is 45.0 Å². The minimum absolute atomic E-state index is 0.0812. The van der Waals surface area contributed by atoms with Crippen molar-refractivity contribution in [3.8, 4) is 5.75 Å². The summed E-state index contributed by atoms with van der Waals surface area (Å²) in [6.45, 7) is 0.0812. The SMILES string of the molecule is CNC(Cc1cc(F)cc(F)c1)C(O)CNC1CS(=O)(=O)Oc2ccccc21. The smallest absolute Gasteiger partial charge is 0.311 e. The summed E-state index contributed by atoms with van der Waals surface area (Å²) >= 11 is 0. The van der Waals surface area contributed by atoms with Crippen LogP contribution in [-0.2, 0) is 16.5 Å². The molecule has 152 valence electrons. The Bertz CT molecular complexity index is 919. The Balaban J connectivity index is 1.67. The van der Waals surface area contributed by atoms with E-state index in [1.165, 1.54) is 12.1 Å². The zero-order valence-electron chi connectivity index (χ0n) is 15.2. The number of para-hydroxylation sites is 1. The molecule has 2 aromatic rings. The summed E-state index contributed by atoms with van der Waals surface area (Å²) in [6.07, 6.45) is -0.717. The maximum absolute atomic E-state index is 13.4. The zero-order valence-corrected chi connectivity index (χ0v) is 16.0. The van der Waals surface area contributed by atoms with Crippen molar-refractivity contribution in [2.24, 2.45) is 0 Å². The number of nitrogens with one attached hydrogen (secondary N) is 2. The molecule has 3 unspecified atom stereocenters. The molecule has 0 aliphatic carbocycles. The topological polar surface area (TPSA) is 87.7 Å². The lowest BCUT2D eigenvalue weighted by Crippen LogP contribution is -2.47. The predicted molar refractivity (Wildman–Crippen MR) is 101 cm³/mol. The summed E-state index contributed by atoms with van der Waals surface area (Å²) in [5.74, 6) is -1.35. The molecule has 0 aromatic heterocycles. The van der Waals surface area contributed by atoms with E-state index in [9.17, 15) is 22.3 Å². The zero-order chi connectivity index (χ0) is 20.3. The molecule has 9 heteroatoms. The first kappa shape index (κ1) is 20.7. The summed E-state index contributed by atoms with van der Waals surface area (Å²) in [7, 11) is -2.08. The number of aliphatic hydroxyl groups is 1.